The van der Waals surface area contributed by atoms with E-state index in [1.807, 2.05) is 36.4 Å². The van der Waals surface area contributed by atoms with E-state index < -0.39 is 0 Å². The average Bonchev–Trinajstić information content (AvgIpc) is 2.93. The Morgan fingerprint density at radius 3 is 2.53 bits per heavy atom. The molecule has 2 nitrogen and oxygen atoms in total. The van der Waals surface area contributed by atoms with Gasteiger partial charge >= 0.3 is 0 Å². The number of anilines is 1. The van der Waals surface area contributed by atoms with Crippen LogP contribution < -0.4 is 9.64 Å². The average molecular weight is 274 g/mol. The molecule has 0 unspecified atom stereocenters. The fourth-order valence-electron chi connectivity index (χ4n) is 2.42. The quantitative estimate of drug-likeness (QED) is 0.801. The number of para-hydroxylation sites is 2. The summed E-state index contributed by atoms with van der Waals surface area (Å²) in [5.41, 5.74) is 1.17. The van der Waals surface area contributed by atoms with Crippen LogP contribution in [0.4, 0.5) is 5.69 Å². The molecule has 98 valence electrons. The van der Waals surface area contributed by atoms with E-state index in [0.717, 1.165) is 24.6 Å². The van der Waals surface area contributed by atoms with Gasteiger partial charge in [-0.1, -0.05) is 29.8 Å². The molecule has 1 fully saturated rings. The van der Waals surface area contributed by atoms with Crippen LogP contribution in [0.25, 0.3) is 0 Å². The molecule has 3 rings (SSSR count). The molecule has 0 radical (unpaired) electrons. The Morgan fingerprint density at radius 2 is 1.74 bits per heavy atom. The highest BCUT2D eigenvalue weighted by Gasteiger charge is 2.16. The molecule has 0 aliphatic carbocycles. The van der Waals surface area contributed by atoms with Gasteiger partial charge < -0.3 is 9.64 Å². The lowest BCUT2D eigenvalue weighted by molar-refractivity contribution is 0.482. The summed E-state index contributed by atoms with van der Waals surface area (Å²) in [4.78, 5) is 2.37. The van der Waals surface area contributed by atoms with Gasteiger partial charge in [0.2, 0.25) is 0 Å². The molecule has 1 saturated heterocycles. The molecule has 0 bridgehead atoms. The summed E-state index contributed by atoms with van der Waals surface area (Å²) >= 11 is 5.99. The van der Waals surface area contributed by atoms with E-state index in [1.165, 1.54) is 18.5 Å². The van der Waals surface area contributed by atoms with E-state index >= 15 is 0 Å². The summed E-state index contributed by atoms with van der Waals surface area (Å²) in [5.74, 6) is 1.67. The van der Waals surface area contributed by atoms with Crippen LogP contribution in [0.1, 0.15) is 12.8 Å². The van der Waals surface area contributed by atoms with E-state index in [1.54, 1.807) is 0 Å². The van der Waals surface area contributed by atoms with E-state index in [-0.39, 0.29) is 0 Å². The number of benzene rings is 2. The van der Waals surface area contributed by atoms with Crippen LogP contribution in [0.5, 0.6) is 11.5 Å². The molecule has 2 aromatic rings. The summed E-state index contributed by atoms with van der Waals surface area (Å²) in [6.45, 7) is 2.21. The second-order valence-electron chi connectivity index (χ2n) is 4.72. The molecule has 3 heteroatoms. The Bertz CT molecular complexity index is 564. The van der Waals surface area contributed by atoms with Crippen LogP contribution in [0, 0.1) is 0 Å². The molecular weight excluding hydrogens is 258 g/mol. The molecule has 0 amide bonds. The van der Waals surface area contributed by atoms with Crippen molar-refractivity contribution in [1.29, 1.82) is 0 Å². The van der Waals surface area contributed by atoms with Crippen molar-refractivity contribution in [3.63, 3.8) is 0 Å². The van der Waals surface area contributed by atoms with Crippen LogP contribution in [0.2, 0.25) is 5.02 Å². The van der Waals surface area contributed by atoms with Crippen LogP contribution in [0.3, 0.4) is 0 Å². The third-order valence-corrected chi connectivity index (χ3v) is 3.57. The summed E-state index contributed by atoms with van der Waals surface area (Å²) in [6.07, 6.45) is 2.51. The van der Waals surface area contributed by atoms with Crippen molar-refractivity contribution in [3.05, 3.63) is 53.6 Å². The number of hydrogen-bond acceptors (Lipinski definition) is 2. The zero-order valence-corrected chi connectivity index (χ0v) is 11.4. The van der Waals surface area contributed by atoms with Gasteiger partial charge in [0.15, 0.2) is 5.75 Å². The van der Waals surface area contributed by atoms with Crippen molar-refractivity contribution < 1.29 is 4.74 Å². The predicted octanol–water partition coefficient (Wildman–Crippen LogP) is 4.73. The van der Waals surface area contributed by atoms with Gasteiger partial charge in [-0.25, -0.2) is 0 Å². The van der Waals surface area contributed by atoms with Crippen molar-refractivity contribution in [3.8, 4) is 11.5 Å². The van der Waals surface area contributed by atoms with Crippen LogP contribution in [-0.4, -0.2) is 13.1 Å². The van der Waals surface area contributed by atoms with Crippen LogP contribution >= 0.6 is 11.6 Å². The van der Waals surface area contributed by atoms with Crippen molar-refractivity contribution in [1.82, 2.24) is 0 Å². The predicted molar refractivity (Wildman–Crippen MR) is 79.4 cm³/mol. The standard InChI is InChI=1S/C16H16ClNO/c17-13-6-5-7-14(12-13)19-16-9-2-1-8-15(16)18-10-3-4-11-18/h1-2,5-9,12H,3-4,10-11H2. The fraction of sp³-hybridized carbons (Fsp3) is 0.250. The first-order valence-corrected chi connectivity index (χ1v) is 6.98. The highest BCUT2D eigenvalue weighted by Crippen LogP contribution is 2.34. The molecule has 0 aromatic heterocycles. The molecule has 2 aromatic carbocycles. The molecular formula is C16H16ClNO. The zero-order valence-electron chi connectivity index (χ0n) is 10.7. The maximum absolute atomic E-state index is 5.99. The molecule has 0 saturated carbocycles. The minimum absolute atomic E-state index is 0.691. The Morgan fingerprint density at radius 1 is 0.947 bits per heavy atom. The maximum Gasteiger partial charge on any atom is 0.150 e. The lowest BCUT2D eigenvalue weighted by Gasteiger charge is -2.21. The van der Waals surface area contributed by atoms with E-state index in [9.17, 15) is 0 Å². The van der Waals surface area contributed by atoms with E-state index in [0.29, 0.717) is 5.02 Å². The van der Waals surface area contributed by atoms with Gasteiger partial charge in [-0.15, -0.1) is 0 Å². The first kappa shape index (κ1) is 12.4. The summed E-state index contributed by atoms with van der Waals surface area (Å²) in [5, 5.41) is 0.691. The molecule has 1 aliphatic rings. The fourth-order valence-corrected chi connectivity index (χ4v) is 2.60. The second kappa shape index (κ2) is 5.54. The first-order valence-electron chi connectivity index (χ1n) is 6.60. The summed E-state index contributed by atoms with van der Waals surface area (Å²) in [6, 6.07) is 15.7. The minimum atomic E-state index is 0.691. The van der Waals surface area contributed by atoms with Gasteiger partial charge in [-0.3, -0.25) is 0 Å². The van der Waals surface area contributed by atoms with Gasteiger partial charge in [0, 0.05) is 18.1 Å². The zero-order chi connectivity index (χ0) is 13.1. The lowest BCUT2D eigenvalue weighted by atomic mass is 10.2. The minimum Gasteiger partial charge on any atom is -0.455 e. The van der Waals surface area contributed by atoms with Crippen LogP contribution in [0.15, 0.2) is 48.5 Å². The number of nitrogens with zero attached hydrogens (tertiary/aromatic N) is 1. The number of rotatable bonds is 3. The molecule has 0 spiro atoms. The van der Waals surface area contributed by atoms with Gasteiger partial charge in [0.05, 0.1) is 5.69 Å². The van der Waals surface area contributed by atoms with Gasteiger partial charge in [-0.2, -0.15) is 0 Å². The Hall–Kier alpha value is -1.67. The highest BCUT2D eigenvalue weighted by atomic mass is 35.5. The highest BCUT2D eigenvalue weighted by molar-refractivity contribution is 6.30. The van der Waals surface area contributed by atoms with Crippen molar-refractivity contribution >= 4 is 17.3 Å². The Kier molecular flexibility index (Phi) is 3.60. The first-order chi connectivity index (χ1) is 9.33. The Balaban J connectivity index is 1.88. The number of hydrogen-bond donors (Lipinski definition) is 0. The third kappa shape index (κ3) is 2.85. The van der Waals surface area contributed by atoms with Gasteiger partial charge in [0.1, 0.15) is 5.75 Å². The molecule has 19 heavy (non-hydrogen) atoms. The van der Waals surface area contributed by atoms with Crippen LogP contribution in [-0.2, 0) is 0 Å². The lowest BCUT2D eigenvalue weighted by Crippen LogP contribution is -2.18. The number of halogens is 1. The summed E-state index contributed by atoms with van der Waals surface area (Å²) < 4.78 is 5.98. The normalized spacial score (nSPS) is 14.7. The van der Waals surface area contributed by atoms with Crippen molar-refractivity contribution in [2.75, 3.05) is 18.0 Å². The Labute approximate surface area is 118 Å². The van der Waals surface area contributed by atoms with Crippen molar-refractivity contribution in [2.45, 2.75) is 12.8 Å². The smallest absolute Gasteiger partial charge is 0.150 e. The maximum atomic E-state index is 5.99. The SMILES string of the molecule is Clc1cccc(Oc2ccccc2N2CCCC2)c1. The molecule has 0 N–H and O–H groups in total. The molecule has 1 heterocycles. The summed E-state index contributed by atoms with van der Waals surface area (Å²) in [7, 11) is 0. The topological polar surface area (TPSA) is 12.5 Å². The molecule has 1 aliphatic heterocycles. The third-order valence-electron chi connectivity index (χ3n) is 3.34. The van der Waals surface area contributed by atoms with Gasteiger partial charge in [0.25, 0.3) is 0 Å². The number of ether oxygens (including phenoxy) is 1. The van der Waals surface area contributed by atoms with E-state index in [2.05, 4.69) is 17.0 Å². The van der Waals surface area contributed by atoms with Gasteiger partial charge in [-0.05, 0) is 43.2 Å². The van der Waals surface area contributed by atoms with Crippen molar-refractivity contribution in [2.24, 2.45) is 0 Å². The molecule has 0 atom stereocenters. The largest absolute Gasteiger partial charge is 0.455 e. The van der Waals surface area contributed by atoms with E-state index in [4.69, 9.17) is 16.3 Å². The monoisotopic (exact) mass is 273 g/mol. The second-order valence-corrected chi connectivity index (χ2v) is 5.16.